The van der Waals surface area contributed by atoms with Crippen LogP contribution in [0.2, 0.25) is 0 Å². The first-order chi connectivity index (χ1) is 13.5. The molecule has 1 saturated heterocycles. The molecule has 28 heavy (non-hydrogen) atoms. The van der Waals surface area contributed by atoms with E-state index >= 15 is 0 Å². The van der Waals surface area contributed by atoms with Crippen molar-refractivity contribution in [3.8, 4) is 11.4 Å². The van der Waals surface area contributed by atoms with E-state index in [1.165, 1.54) is 6.07 Å². The van der Waals surface area contributed by atoms with Gasteiger partial charge in [0, 0.05) is 18.4 Å². The van der Waals surface area contributed by atoms with Crippen molar-refractivity contribution in [3.63, 3.8) is 0 Å². The Bertz CT molecular complexity index is 967. The Morgan fingerprint density at radius 3 is 2.82 bits per heavy atom. The molecule has 0 spiro atoms. The van der Waals surface area contributed by atoms with Crippen molar-refractivity contribution in [1.82, 2.24) is 25.0 Å². The summed E-state index contributed by atoms with van der Waals surface area (Å²) in [5, 5.41) is 4.03. The largest absolute Gasteiger partial charge is 0.361 e. The lowest BCUT2D eigenvalue weighted by Crippen LogP contribution is -2.34. The lowest BCUT2D eigenvalue weighted by Gasteiger charge is -2.35. The van der Waals surface area contributed by atoms with E-state index < -0.39 is 0 Å². The summed E-state index contributed by atoms with van der Waals surface area (Å²) in [6.45, 7) is 7.11. The zero-order chi connectivity index (χ0) is 19.7. The van der Waals surface area contributed by atoms with Crippen molar-refractivity contribution in [3.05, 3.63) is 58.7 Å². The van der Waals surface area contributed by atoms with Gasteiger partial charge in [-0.1, -0.05) is 11.6 Å². The summed E-state index contributed by atoms with van der Waals surface area (Å²) < 4.78 is 19.4. The van der Waals surface area contributed by atoms with E-state index in [1.807, 2.05) is 26.8 Å². The summed E-state index contributed by atoms with van der Waals surface area (Å²) in [5.74, 6) is 1.09. The number of aryl methyl sites for hydroxylation is 3. The summed E-state index contributed by atoms with van der Waals surface area (Å²) in [6, 6.07) is 5.22. The Morgan fingerprint density at radius 2 is 2.07 bits per heavy atom. The van der Waals surface area contributed by atoms with Gasteiger partial charge in [0.1, 0.15) is 11.6 Å². The second-order valence-corrected chi connectivity index (χ2v) is 7.37. The number of hydrogen-bond acceptors (Lipinski definition) is 6. The van der Waals surface area contributed by atoms with Crippen molar-refractivity contribution < 1.29 is 8.91 Å². The minimum absolute atomic E-state index is 0.107. The number of rotatable bonds is 4. The molecule has 146 valence electrons. The SMILES string of the molecule is Cc1cc(C2CCCCN2Cc2ncccc2F)nc(-c2c(C)noc2C)n1. The minimum atomic E-state index is -0.262. The molecule has 1 unspecified atom stereocenters. The molecule has 0 saturated carbocycles. The van der Waals surface area contributed by atoms with Gasteiger partial charge in [-0.05, 0) is 58.4 Å². The van der Waals surface area contributed by atoms with E-state index in [0.29, 0.717) is 23.8 Å². The van der Waals surface area contributed by atoms with Crippen LogP contribution in [0.15, 0.2) is 28.9 Å². The molecule has 0 radical (unpaired) electrons. The van der Waals surface area contributed by atoms with Crippen LogP contribution in [0.3, 0.4) is 0 Å². The van der Waals surface area contributed by atoms with Crippen LogP contribution in [0.4, 0.5) is 4.39 Å². The second-order valence-electron chi connectivity index (χ2n) is 7.37. The van der Waals surface area contributed by atoms with Crippen LogP contribution in [0, 0.1) is 26.6 Å². The van der Waals surface area contributed by atoms with Gasteiger partial charge < -0.3 is 4.52 Å². The third-order valence-electron chi connectivity index (χ3n) is 5.27. The Hall–Kier alpha value is -2.67. The van der Waals surface area contributed by atoms with Crippen LogP contribution < -0.4 is 0 Å². The van der Waals surface area contributed by atoms with E-state index in [1.54, 1.807) is 12.3 Å². The van der Waals surface area contributed by atoms with Crippen LogP contribution >= 0.6 is 0 Å². The zero-order valence-corrected chi connectivity index (χ0v) is 16.4. The number of aromatic nitrogens is 4. The van der Waals surface area contributed by atoms with Gasteiger partial charge >= 0.3 is 0 Å². The maximum absolute atomic E-state index is 14.1. The highest BCUT2D eigenvalue weighted by Crippen LogP contribution is 2.33. The molecular weight excluding hydrogens is 357 g/mol. The first-order valence-corrected chi connectivity index (χ1v) is 9.65. The average Bonchev–Trinajstić information content (AvgIpc) is 3.02. The molecule has 0 bridgehead atoms. The number of likely N-dealkylation sites (tertiary alicyclic amines) is 1. The molecule has 0 aliphatic carbocycles. The standard InChI is InChI=1S/C21H24FN5O/c1-13-11-17(25-21(24-13)20-14(2)26-28-15(20)3)19-8-4-5-10-27(19)12-18-16(22)7-6-9-23-18/h6-7,9,11,19H,4-5,8,10,12H2,1-3H3. The van der Waals surface area contributed by atoms with Crippen molar-refractivity contribution in [2.45, 2.75) is 52.6 Å². The van der Waals surface area contributed by atoms with E-state index in [2.05, 4.69) is 20.0 Å². The summed E-state index contributed by atoms with van der Waals surface area (Å²) in [4.78, 5) is 16.0. The van der Waals surface area contributed by atoms with E-state index in [-0.39, 0.29) is 11.9 Å². The number of pyridine rings is 1. The van der Waals surface area contributed by atoms with E-state index in [9.17, 15) is 4.39 Å². The number of piperidine rings is 1. The van der Waals surface area contributed by atoms with Gasteiger partial charge in [0.15, 0.2) is 5.82 Å². The Balaban J connectivity index is 1.69. The number of hydrogen-bond donors (Lipinski definition) is 0. The van der Waals surface area contributed by atoms with Gasteiger partial charge in [0.2, 0.25) is 0 Å². The van der Waals surface area contributed by atoms with Gasteiger partial charge in [-0.2, -0.15) is 0 Å². The monoisotopic (exact) mass is 381 g/mol. The molecule has 0 amide bonds. The summed E-state index contributed by atoms with van der Waals surface area (Å²) >= 11 is 0. The smallest absolute Gasteiger partial charge is 0.165 e. The fourth-order valence-electron chi connectivity index (χ4n) is 3.92. The van der Waals surface area contributed by atoms with Crippen molar-refractivity contribution >= 4 is 0 Å². The summed E-state index contributed by atoms with van der Waals surface area (Å²) in [7, 11) is 0. The van der Waals surface area contributed by atoms with Crippen molar-refractivity contribution in [2.24, 2.45) is 0 Å². The fraction of sp³-hybridized carbons (Fsp3) is 0.429. The molecular formula is C21H24FN5O. The summed E-state index contributed by atoms with van der Waals surface area (Å²) in [6.07, 6.45) is 4.83. The zero-order valence-electron chi connectivity index (χ0n) is 16.4. The molecule has 1 aliphatic heterocycles. The second kappa shape index (κ2) is 7.75. The highest BCUT2D eigenvalue weighted by atomic mass is 19.1. The molecule has 1 aliphatic rings. The molecule has 4 rings (SSSR count). The number of nitrogens with zero attached hydrogens (tertiary/aromatic N) is 5. The summed E-state index contributed by atoms with van der Waals surface area (Å²) in [5.41, 5.74) is 3.97. The Kier molecular flexibility index (Phi) is 5.17. The maximum atomic E-state index is 14.1. The molecule has 0 N–H and O–H groups in total. The average molecular weight is 381 g/mol. The molecule has 7 heteroatoms. The van der Waals surface area contributed by atoms with Crippen LogP contribution in [-0.4, -0.2) is 31.6 Å². The van der Waals surface area contributed by atoms with Crippen molar-refractivity contribution in [2.75, 3.05) is 6.54 Å². The predicted molar refractivity (Wildman–Crippen MR) is 103 cm³/mol. The first-order valence-electron chi connectivity index (χ1n) is 9.65. The molecule has 4 heterocycles. The molecule has 3 aromatic rings. The highest BCUT2D eigenvalue weighted by Gasteiger charge is 2.27. The first kappa shape index (κ1) is 18.7. The maximum Gasteiger partial charge on any atom is 0.165 e. The molecule has 0 aromatic carbocycles. The lowest BCUT2D eigenvalue weighted by molar-refractivity contribution is 0.133. The lowest BCUT2D eigenvalue weighted by atomic mass is 9.98. The molecule has 6 nitrogen and oxygen atoms in total. The van der Waals surface area contributed by atoms with Crippen LogP contribution in [0.1, 0.15) is 53.8 Å². The Morgan fingerprint density at radius 1 is 1.21 bits per heavy atom. The highest BCUT2D eigenvalue weighted by molar-refractivity contribution is 5.60. The van der Waals surface area contributed by atoms with Crippen molar-refractivity contribution in [1.29, 1.82) is 0 Å². The number of halogens is 1. The van der Waals surface area contributed by atoms with Gasteiger partial charge in [-0.25, -0.2) is 14.4 Å². The van der Waals surface area contributed by atoms with E-state index in [4.69, 9.17) is 9.51 Å². The topological polar surface area (TPSA) is 67.9 Å². The molecule has 1 atom stereocenters. The molecule has 3 aromatic heterocycles. The fourth-order valence-corrected chi connectivity index (χ4v) is 3.92. The quantitative estimate of drug-likeness (QED) is 0.670. The van der Waals surface area contributed by atoms with Crippen LogP contribution in [-0.2, 0) is 6.54 Å². The normalized spacial score (nSPS) is 17.8. The third kappa shape index (κ3) is 3.67. The van der Waals surface area contributed by atoms with Crippen LogP contribution in [0.25, 0.3) is 11.4 Å². The van der Waals surface area contributed by atoms with Gasteiger partial charge in [-0.15, -0.1) is 0 Å². The predicted octanol–water partition coefficient (Wildman–Crippen LogP) is 4.32. The van der Waals surface area contributed by atoms with Gasteiger partial charge in [0.05, 0.1) is 28.7 Å². The van der Waals surface area contributed by atoms with E-state index in [0.717, 1.165) is 48.5 Å². The molecule has 1 fully saturated rings. The van der Waals surface area contributed by atoms with Crippen LogP contribution in [0.5, 0.6) is 0 Å². The van der Waals surface area contributed by atoms with Gasteiger partial charge in [0.25, 0.3) is 0 Å². The van der Waals surface area contributed by atoms with Gasteiger partial charge in [-0.3, -0.25) is 9.88 Å². The third-order valence-corrected chi connectivity index (χ3v) is 5.27. The Labute approximate surface area is 163 Å². The minimum Gasteiger partial charge on any atom is -0.361 e.